The van der Waals surface area contributed by atoms with Gasteiger partial charge in [-0.25, -0.2) is 0 Å². The van der Waals surface area contributed by atoms with Crippen LogP contribution in [0.4, 0.5) is 0 Å². The van der Waals surface area contributed by atoms with Crippen molar-refractivity contribution in [2.45, 2.75) is 65.3 Å². The van der Waals surface area contributed by atoms with Crippen LogP contribution in [-0.4, -0.2) is 12.6 Å². The van der Waals surface area contributed by atoms with Gasteiger partial charge in [0.1, 0.15) is 5.76 Å². The molecule has 1 saturated carbocycles. The Morgan fingerprint density at radius 3 is 2.45 bits per heavy atom. The molecule has 1 aliphatic rings. The maximum atomic E-state index is 5.55. The summed E-state index contributed by atoms with van der Waals surface area (Å²) >= 11 is 0. The molecular weight excluding hydrogens is 246 g/mol. The fraction of sp³-hybridized carbons (Fsp3) is 0.778. The lowest BCUT2D eigenvalue weighted by molar-refractivity contribution is 0.184. The van der Waals surface area contributed by atoms with Gasteiger partial charge < -0.3 is 9.73 Å². The molecule has 114 valence electrons. The Labute approximate surface area is 124 Å². The highest BCUT2D eigenvalue weighted by atomic mass is 16.3. The van der Waals surface area contributed by atoms with Crippen LogP contribution in [0.15, 0.2) is 22.8 Å². The number of hydrogen-bond donors (Lipinski definition) is 1. The van der Waals surface area contributed by atoms with Crippen LogP contribution in [0.2, 0.25) is 0 Å². The van der Waals surface area contributed by atoms with Gasteiger partial charge in [0.25, 0.3) is 0 Å². The Morgan fingerprint density at radius 1 is 1.20 bits per heavy atom. The summed E-state index contributed by atoms with van der Waals surface area (Å²) in [5.41, 5.74) is 0. The Morgan fingerprint density at radius 2 is 1.90 bits per heavy atom. The van der Waals surface area contributed by atoms with E-state index in [2.05, 4.69) is 32.2 Å². The van der Waals surface area contributed by atoms with Crippen molar-refractivity contribution in [1.82, 2.24) is 5.32 Å². The average molecular weight is 277 g/mol. The van der Waals surface area contributed by atoms with E-state index in [1.54, 1.807) is 6.26 Å². The molecule has 1 atom stereocenters. The molecule has 0 aliphatic heterocycles. The number of rotatable bonds is 7. The Kier molecular flexibility index (Phi) is 6.15. The normalized spacial score (nSPS) is 25.0. The van der Waals surface area contributed by atoms with Crippen LogP contribution in [0.1, 0.15) is 58.6 Å². The molecule has 1 unspecified atom stereocenters. The zero-order chi connectivity index (χ0) is 14.4. The van der Waals surface area contributed by atoms with Gasteiger partial charge in [0.05, 0.1) is 6.26 Å². The van der Waals surface area contributed by atoms with Crippen molar-refractivity contribution in [1.29, 1.82) is 0 Å². The van der Waals surface area contributed by atoms with E-state index < -0.39 is 0 Å². The number of hydrogen-bond acceptors (Lipinski definition) is 2. The second kappa shape index (κ2) is 7.87. The third-order valence-corrected chi connectivity index (χ3v) is 4.99. The van der Waals surface area contributed by atoms with Crippen LogP contribution in [-0.2, 0) is 6.42 Å². The van der Waals surface area contributed by atoms with Crippen molar-refractivity contribution in [2.24, 2.45) is 17.8 Å². The summed E-state index contributed by atoms with van der Waals surface area (Å²) in [6, 6.07) is 4.71. The molecular formula is C18H31NO. The first-order valence-electron chi connectivity index (χ1n) is 8.46. The van der Waals surface area contributed by atoms with Gasteiger partial charge in [-0.2, -0.15) is 0 Å². The molecule has 0 radical (unpaired) electrons. The minimum absolute atomic E-state index is 0.592. The highest BCUT2D eigenvalue weighted by molar-refractivity contribution is 5.02. The standard InChI is InChI=1S/C18H31NO/c1-4-11-19-18(13-17-6-5-12-20-17)16-9-7-15(8-10-16)14(2)3/h5-6,12,14-16,18-19H,4,7-11,13H2,1-3H3. The van der Waals surface area contributed by atoms with Crippen molar-refractivity contribution in [3.63, 3.8) is 0 Å². The minimum atomic E-state index is 0.592. The molecule has 20 heavy (non-hydrogen) atoms. The van der Waals surface area contributed by atoms with Crippen molar-refractivity contribution >= 4 is 0 Å². The van der Waals surface area contributed by atoms with Crippen molar-refractivity contribution < 1.29 is 4.42 Å². The lowest BCUT2D eigenvalue weighted by Crippen LogP contribution is -2.40. The lowest BCUT2D eigenvalue weighted by Gasteiger charge is -2.35. The van der Waals surface area contributed by atoms with Gasteiger partial charge >= 0.3 is 0 Å². The third-order valence-electron chi connectivity index (χ3n) is 4.99. The molecule has 1 aliphatic carbocycles. The van der Waals surface area contributed by atoms with E-state index in [1.165, 1.54) is 32.1 Å². The van der Waals surface area contributed by atoms with E-state index in [4.69, 9.17) is 4.42 Å². The van der Waals surface area contributed by atoms with Crippen molar-refractivity contribution in [2.75, 3.05) is 6.54 Å². The Balaban J connectivity index is 1.90. The van der Waals surface area contributed by atoms with Crippen LogP contribution in [0.5, 0.6) is 0 Å². The van der Waals surface area contributed by atoms with Crippen LogP contribution in [0.3, 0.4) is 0 Å². The summed E-state index contributed by atoms with van der Waals surface area (Å²) < 4.78 is 5.55. The van der Waals surface area contributed by atoms with Gasteiger partial charge in [0.15, 0.2) is 0 Å². The van der Waals surface area contributed by atoms with Crippen LogP contribution in [0.25, 0.3) is 0 Å². The molecule has 2 nitrogen and oxygen atoms in total. The van der Waals surface area contributed by atoms with E-state index in [0.29, 0.717) is 6.04 Å². The van der Waals surface area contributed by atoms with Gasteiger partial charge in [0.2, 0.25) is 0 Å². The first-order chi connectivity index (χ1) is 9.70. The summed E-state index contributed by atoms with van der Waals surface area (Å²) in [5, 5.41) is 3.76. The van der Waals surface area contributed by atoms with Crippen molar-refractivity contribution in [3.05, 3.63) is 24.2 Å². The average Bonchev–Trinajstić information content (AvgIpc) is 2.96. The van der Waals surface area contributed by atoms with Crippen molar-refractivity contribution in [3.8, 4) is 0 Å². The maximum Gasteiger partial charge on any atom is 0.105 e. The van der Waals surface area contributed by atoms with Gasteiger partial charge in [-0.15, -0.1) is 0 Å². The quantitative estimate of drug-likeness (QED) is 0.784. The minimum Gasteiger partial charge on any atom is -0.469 e. The van der Waals surface area contributed by atoms with Gasteiger partial charge in [-0.3, -0.25) is 0 Å². The highest BCUT2D eigenvalue weighted by Gasteiger charge is 2.28. The van der Waals surface area contributed by atoms with E-state index in [-0.39, 0.29) is 0 Å². The molecule has 0 spiro atoms. The summed E-state index contributed by atoms with van der Waals surface area (Å²) in [6.45, 7) is 8.11. The van der Waals surface area contributed by atoms with Gasteiger partial charge in [-0.1, -0.05) is 20.8 Å². The fourth-order valence-corrected chi connectivity index (χ4v) is 3.59. The largest absolute Gasteiger partial charge is 0.469 e. The first-order valence-corrected chi connectivity index (χ1v) is 8.46. The molecule has 1 N–H and O–H groups in total. The predicted octanol–water partition coefficient (Wildman–Crippen LogP) is 4.65. The SMILES string of the molecule is CCCNC(Cc1ccco1)C1CCC(C(C)C)CC1. The topological polar surface area (TPSA) is 25.2 Å². The highest BCUT2D eigenvalue weighted by Crippen LogP contribution is 2.35. The summed E-state index contributed by atoms with van der Waals surface area (Å²) in [6.07, 6.45) is 9.62. The van der Waals surface area contributed by atoms with E-state index in [0.717, 1.165) is 36.5 Å². The Bertz CT molecular complexity index is 350. The predicted molar refractivity (Wildman–Crippen MR) is 84.8 cm³/mol. The van der Waals surface area contributed by atoms with E-state index in [9.17, 15) is 0 Å². The number of furan rings is 1. The van der Waals surface area contributed by atoms with E-state index in [1.807, 2.05) is 6.07 Å². The Hall–Kier alpha value is -0.760. The van der Waals surface area contributed by atoms with Crippen LogP contribution < -0.4 is 5.32 Å². The maximum absolute atomic E-state index is 5.55. The lowest BCUT2D eigenvalue weighted by atomic mass is 9.74. The summed E-state index contributed by atoms with van der Waals surface area (Å²) in [7, 11) is 0. The van der Waals surface area contributed by atoms with E-state index >= 15 is 0 Å². The molecule has 0 amide bonds. The molecule has 0 aromatic carbocycles. The van der Waals surface area contributed by atoms with Gasteiger partial charge in [0, 0.05) is 12.5 Å². The molecule has 2 heteroatoms. The molecule has 0 bridgehead atoms. The zero-order valence-corrected chi connectivity index (χ0v) is 13.4. The fourth-order valence-electron chi connectivity index (χ4n) is 3.59. The monoisotopic (exact) mass is 277 g/mol. The molecule has 1 fully saturated rings. The molecule has 0 saturated heterocycles. The van der Waals surface area contributed by atoms with Gasteiger partial charge in [-0.05, 0) is 68.5 Å². The third kappa shape index (κ3) is 4.37. The van der Waals surface area contributed by atoms with Crippen LogP contribution >= 0.6 is 0 Å². The second-order valence-corrected chi connectivity index (χ2v) is 6.76. The number of nitrogens with one attached hydrogen (secondary N) is 1. The summed E-state index contributed by atoms with van der Waals surface area (Å²) in [4.78, 5) is 0. The van der Waals surface area contributed by atoms with Crippen LogP contribution in [0, 0.1) is 17.8 Å². The molecule has 1 aromatic heterocycles. The second-order valence-electron chi connectivity index (χ2n) is 6.76. The zero-order valence-electron chi connectivity index (χ0n) is 13.4. The summed E-state index contributed by atoms with van der Waals surface area (Å²) in [5.74, 6) is 3.75. The first kappa shape index (κ1) is 15.6. The molecule has 2 rings (SSSR count). The molecule has 1 aromatic rings. The molecule has 1 heterocycles. The smallest absolute Gasteiger partial charge is 0.105 e.